The number of nitrogens with zero attached hydrogens (tertiary/aromatic N) is 2. The van der Waals surface area contributed by atoms with Crippen molar-refractivity contribution in [3.63, 3.8) is 0 Å². The second kappa shape index (κ2) is 5.28. The third kappa shape index (κ3) is 2.58. The molecule has 2 heterocycles. The van der Waals surface area contributed by atoms with Gasteiger partial charge >= 0.3 is 0 Å². The average molecular weight is 209 g/mol. The third-order valence-electron chi connectivity index (χ3n) is 2.95. The van der Waals surface area contributed by atoms with Gasteiger partial charge in [-0.25, -0.2) is 4.98 Å². The first-order valence-electron chi connectivity index (χ1n) is 5.62. The zero-order chi connectivity index (χ0) is 10.5. The van der Waals surface area contributed by atoms with Crippen molar-refractivity contribution in [2.75, 3.05) is 26.8 Å². The molecule has 1 aliphatic heterocycles. The number of methoxy groups -OCH3 is 1. The number of ether oxygens (including phenoxy) is 1. The molecule has 1 fully saturated rings. The molecule has 0 radical (unpaired) electrons. The molecule has 15 heavy (non-hydrogen) atoms. The summed E-state index contributed by atoms with van der Waals surface area (Å²) in [6.45, 7) is 3.87. The monoisotopic (exact) mass is 209 g/mol. The van der Waals surface area contributed by atoms with Gasteiger partial charge in [0, 0.05) is 38.5 Å². The highest BCUT2D eigenvalue weighted by atomic mass is 16.5. The molecule has 0 bridgehead atoms. The molecule has 0 aromatic carbocycles. The van der Waals surface area contributed by atoms with E-state index in [4.69, 9.17) is 4.74 Å². The Labute approximate surface area is 90.6 Å². The Morgan fingerprint density at radius 1 is 1.67 bits per heavy atom. The van der Waals surface area contributed by atoms with E-state index >= 15 is 0 Å². The van der Waals surface area contributed by atoms with Gasteiger partial charge < -0.3 is 14.6 Å². The van der Waals surface area contributed by atoms with Crippen molar-refractivity contribution in [2.24, 2.45) is 0 Å². The summed E-state index contributed by atoms with van der Waals surface area (Å²) in [4.78, 5) is 4.46. The second-order valence-electron chi connectivity index (χ2n) is 4.01. The first-order valence-corrected chi connectivity index (χ1v) is 5.62. The van der Waals surface area contributed by atoms with Gasteiger partial charge in [0.25, 0.3) is 0 Å². The van der Waals surface area contributed by atoms with Crippen molar-refractivity contribution in [3.8, 4) is 0 Å². The van der Waals surface area contributed by atoms with Crippen LogP contribution in [-0.4, -0.2) is 36.4 Å². The van der Waals surface area contributed by atoms with E-state index in [0.29, 0.717) is 5.92 Å². The van der Waals surface area contributed by atoms with E-state index in [1.807, 2.05) is 12.4 Å². The molecule has 0 spiro atoms. The van der Waals surface area contributed by atoms with E-state index in [0.717, 1.165) is 26.2 Å². The molecule has 0 amide bonds. The Bertz CT molecular complexity index is 292. The van der Waals surface area contributed by atoms with Crippen molar-refractivity contribution >= 4 is 0 Å². The number of piperidine rings is 1. The minimum Gasteiger partial charge on any atom is -0.383 e. The first-order chi connectivity index (χ1) is 7.42. The van der Waals surface area contributed by atoms with Crippen molar-refractivity contribution in [3.05, 3.63) is 18.2 Å². The zero-order valence-corrected chi connectivity index (χ0v) is 9.28. The lowest BCUT2D eigenvalue weighted by Crippen LogP contribution is -2.30. The maximum atomic E-state index is 5.09. The van der Waals surface area contributed by atoms with Crippen LogP contribution in [0.15, 0.2) is 12.4 Å². The summed E-state index contributed by atoms with van der Waals surface area (Å²) >= 11 is 0. The fraction of sp³-hybridized carbons (Fsp3) is 0.727. The van der Waals surface area contributed by atoms with E-state index in [-0.39, 0.29) is 0 Å². The van der Waals surface area contributed by atoms with Crippen LogP contribution in [-0.2, 0) is 11.3 Å². The van der Waals surface area contributed by atoms with E-state index in [2.05, 4.69) is 14.9 Å². The van der Waals surface area contributed by atoms with Crippen LogP contribution in [0.4, 0.5) is 0 Å². The van der Waals surface area contributed by atoms with Gasteiger partial charge in [-0.1, -0.05) is 0 Å². The summed E-state index contributed by atoms with van der Waals surface area (Å²) in [6.07, 6.45) is 6.43. The molecule has 1 aliphatic rings. The number of imidazole rings is 1. The van der Waals surface area contributed by atoms with Crippen LogP contribution in [0.5, 0.6) is 0 Å². The van der Waals surface area contributed by atoms with E-state index in [1.54, 1.807) is 7.11 Å². The van der Waals surface area contributed by atoms with Crippen molar-refractivity contribution < 1.29 is 4.74 Å². The van der Waals surface area contributed by atoms with Crippen molar-refractivity contribution in [1.29, 1.82) is 0 Å². The van der Waals surface area contributed by atoms with Crippen LogP contribution >= 0.6 is 0 Å². The zero-order valence-electron chi connectivity index (χ0n) is 9.28. The fourth-order valence-corrected chi connectivity index (χ4v) is 2.13. The Kier molecular flexibility index (Phi) is 3.75. The van der Waals surface area contributed by atoms with Crippen LogP contribution in [0, 0.1) is 0 Å². The van der Waals surface area contributed by atoms with Gasteiger partial charge in [0.1, 0.15) is 5.82 Å². The topological polar surface area (TPSA) is 39.1 Å². The smallest absolute Gasteiger partial charge is 0.113 e. The SMILES string of the molecule is COCCn1ccnc1[C@H]1CCCNC1. The molecule has 1 aromatic rings. The average Bonchev–Trinajstić information content (AvgIpc) is 2.75. The number of hydrogen-bond acceptors (Lipinski definition) is 3. The minimum atomic E-state index is 0.575. The lowest BCUT2D eigenvalue weighted by atomic mass is 9.99. The van der Waals surface area contributed by atoms with Gasteiger partial charge in [0.05, 0.1) is 6.61 Å². The van der Waals surface area contributed by atoms with Crippen LogP contribution in [0.3, 0.4) is 0 Å². The Morgan fingerprint density at radius 3 is 3.33 bits per heavy atom. The van der Waals surface area contributed by atoms with Gasteiger partial charge in [-0.2, -0.15) is 0 Å². The van der Waals surface area contributed by atoms with Gasteiger partial charge in [0.2, 0.25) is 0 Å². The lowest BCUT2D eigenvalue weighted by Gasteiger charge is -2.23. The quantitative estimate of drug-likeness (QED) is 0.804. The molecule has 84 valence electrons. The van der Waals surface area contributed by atoms with Crippen LogP contribution in [0.25, 0.3) is 0 Å². The molecule has 4 heteroatoms. The summed E-state index contributed by atoms with van der Waals surface area (Å²) in [5, 5.41) is 3.42. The Hall–Kier alpha value is -0.870. The molecule has 0 aliphatic carbocycles. The maximum absolute atomic E-state index is 5.09. The normalized spacial score (nSPS) is 21.8. The molecule has 2 rings (SSSR count). The van der Waals surface area contributed by atoms with Crippen LogP contribution < -0.4 is 5.32 Å². The predicted molar refractivity (Wildman–Crippen MR) is 58.9 cm³/mol. The highest BCUT2D eigenvalue weighted by Crippen LogP contribution is 2.21. The van der Waals surface area contributed by atoms with E-state index < -0.39 is 0 Å². The first kappa shape index (κ1) is 10.6. The van der Waals surface area contributed by atoms with Gasteiger partial charge in [-0.05, 0) is 19.4 Å². The molecule has 0 saturated carbocycles. The predicted octanol–water partition coefficient (Wildman–Crippen LogP) is 0.996. The molecule has 0 unspecified atom stereocenters. The number of aromatic nitrogens is 2. The molecule has 1 N–H and O–H groups in total. The molecule has 1 aromatic heterocycles. The summed E-state index contributed by atoms with van der Waals surface area (Å²) in [5.74, 6) is 1.78. The summed E-state index contributed by atoms with van der Waals surface area (Å²) in [7, 11) is 1.73. The summed E-state index contributed by atoms with van der Waals surface area (Å²) in [5.41, 5.74) is 0. The second-order valence-corrected chi connectivity index (χ2v) is 4.01. The largest absolute Gasteiger partial charge is 0.383 e. The van der Waals surface area contributed by atoms with Crippen LogP contribution in [0.2, 0.25) is 0 Å². The molecular weight excluding hydrogens is 190 g/mol. The van der Waals surface area contributed by atoms with Crippen molar-refractivity contribution in [2.45, 2.75) is 25.3 Å². The van der Waals surface area contributed by atoms with Gasteiger partial charge in [-0.3, -0.25) is 0 Å². The van der Waals surface area contributed by atoms with E-state index in [9.17, 15) is 0 Å². The molecule has 1 saturated heterocycles. The molecule has 4 nitrogen and oxygen atoms in total. The van der Waals surface area contributed by atoms with Gasteiger partial charge in [-0.15, -0.1) is 0 Å². The standard InChI is InChI=1S/C11H19N3O/c1-15-8-7-14-6-5-13-11(14)10-3-2-4-12-9-10/h5-6,10,12H,2-4,7-9H2,1H3/t10-/m0/s1. The third-order valence-corrected chi connectivity index (χ3v) is 2.95. The van der Waals surface area contributed by atoms with Crippen LogP contribution in [0.1, 0.15) is 24.6 Å². The fourth-order valence-electron chi connectivity index (χ4n) is 2.13. The summed E-state index contributed by atoms with van der Waals surface area (Å²) < 4.78 is 7.30. The molecule has 1 atom stereocenters. The Balaban J connectivity index is 2.02. The molecular formula is C11H19N3O. The van der Waals surface area contributed by atoms with Gasteiger partial charge in [0.15, 0.2) is 0 Å². The lowest BCUT2D eigenvalue weighted by molar-refractivity contribution is 0.185. The number of rotatable bonds is 4. The van der Waals surface area contributed by atoms with Crippen molar-refractivity contribution in [1.82, 2.24) is 14.9 Å². The number of nitrogens with one attached hydrogen (secondary N) is 1. The maximum Gasteiger partial charge on any atom is 0.113 e. The Morgan fingerprint density at radius 2 is 2.60 bits per heavy atom. The number of hydrogen-bond donors (Lipinski definition) is 1. The summed E-state index contributed by atoms with van der Waals surface area (Å²) in [6, 6.07) is 0. The van der Waals surface area contributed by atoms with E-state index in [1.165, 1.54) is 18.7 Å². The minimum absolute atomic E-state index is 0.575. The highest BCUT2D eigenvalue weighted by molar-refractivity contribution is 5.02. The highest BCUT2D eigenvalue weighted by Gasteiger charge is 2.19.